The number of pyridine rings is 1. The lowest BCUT2D eigenvalue weighted by Crippen LogP contribution is -2.29. The molecule has 0 fully saturated rings. The molecule has 110 valence electrons. The van der Waals surface area contributed by atoms with Crippen molar-refractivity contribution >= 4 is 23.3 Å². The van der Waals surface area contributed by atoms with Crippen molar-refractivity contribution in [3.63, 3.8) is 0 Å². The summed E-state index contributed by atoms with van der Waals surface area (Å²) in [5.41, 5.74) is 1.02. The van der Waals surface area contributed by atoms with Crippen LogP contribution in [0.5, 0.6) is 0 Å². The second-order valence-electron chi connectivity index (χ2n) is 4.25. The highest BCUT2D eigenvalue weighted by atomic mass is 16.2. The summed E-state index contributed by atoms with van der Waals surface area (Å²) in [5, 5.41) is 11.9. The molecule has 0 aliphatic heterocycles. The van der Waals surface area contributed by atoms with E-state index in [0.717, 1.165) is 0 Å². The van der Waals surface area contributed by atoms with E-state index in [1.807, 2.05) is 0 Å². The smallest absolute Gasteiger partial charge is 0.263 e. The fourth-order valence-corrected chi connectivity index (χ4v) is 1.69. The number of nitrogens with zero attached hydrogens (tertiary/aromatic N) is 3. The molecule has 2 amide bonds. The van der Waals surface area contributed by atoms with Crippen LogP contribution in [0.4, 0.5) is 11.5 Å². The normalized spacial score (nSPS) is 10.0. The molecule has 3 N–H and O–H groups in total. The van der Waals surface area contributed by atoms with Crippen LogP contribution in [-0.2, 0) is 4.79 Å². The van der Waals surface area contributed by atoms with E-state index in [1.54, 1.807) is 31.6 Å². The van der Waals surface area contributed by atoms with E-state index in [2.05, 4.69) is 25.8 Å². The molecule has 2 rings (SSSR count). The van der Waals surface area contributed by atoms with Gasteiger partial charge in [0.15, 0.2) is 5.82 Å². The maximum absolute atomic E-state index is 12.4. The predicted molar refractivity (Wildman–Crippen MR) is 78.1 cm³/mol. The second-order valence-corrected chi connectivity index (χ2v) is 4.25. The number of H-pyrrole nitrogens is 1. The summed E-state index contributed by atoms with van der Waals surface area (Å²) in [4.78, 5) is 29.1. The molecule has 0 aromatic carbocycles. The summed E-state index contributed by atoms with van der Waals surface area (Å²) in [6.45, 7) is 0.0399. The molecule has 0 spiro atoms. The maximum atomic E-state index is 12.4. The van der Waals surface area contributed by atoms with E-state index in [4.69, 9.17) is 0 Å². The van der Waals surface area contributed by atoms with Crippen LogP contribution in [0.3, 0.4) is 0 Å². The molecular formula is C13H16N6O2. The molecular weight excluding hydrogens is 272 g/mol. The second kappa shape index (κ2) is 6.51. The Kier molecular flexibility index (Phi) is 4.50. The summed E-state index contributed by atoms with van der Waals surface area (Å²) in [7, 11) is 3.19. The Morgan fingerprint density at radius 3 is 2.90 bits per heavy atom. The number of anilines is 2. The minimum absolute atomic E-state index is 0.0399. The zero-order valence-electron chi connectivity index (χ0n) is 11.8. The minimum Gasteiger partial charge on any atom is -0.359 e. The number of carbonyl (C=O) groups is 2. The number of likely N-dealkylation sites (N-methyl/N-ethyl adjacent to an activating group) is 1. The Morgan fingerprint density at radius 1 is 1.43 bits per heavy atom. The largest absolute Gasteiger partial charge is 0.359 e. The number of amides is 2. The summed E-state index contributed by atoms with van der Waals surface area (Å²) in [6, 6.07) is 3.53. The van der Waals surface area contributed by atoms with Crippen molar-refractivity contribution in [1.29, 1.82) is 0 Å². The Morgan fingerprint density at radius 2 is 2.24 bits per heavy atom. The first-order chi connectivity index (χ1) is 10.1. The summed E-state index contributed by atoms with van der Waals surface area (Å²) < 4.78 is 0. The highest BCUT2D eigenvalue weighted by molar-refractivity contribution is 6.08. The molecule has 0 radical (unpaired) electrons. The molecule has 0 atom stereocenters. The Labute approximate surface area is 121 Å². The Bertz CT molecular complexity index is 625. The average molecular weight is 288 g/mol. The standard InChI is InChI=1S/C13H16N6O2/c1-14-11(20)8-16-12-10(7-17-18-12)13(21)19(2)9-4-3-5-15-6-9/h3-7H,8H2,1-2H3,(H,14,20)(H2,16,17,18). The third-order valence-corrected chi connectivity index (χ3v) is 2.90. The average Bonchev–Trinajstić information content (AvgIpc) is 3.00. The number of carbonyl (C=O) groups excluding carboxylic acids is 2. The molecule has 8 heteroatoms. The van der Waals surface area contributed by atoms with Crippen LogP contribution < -0.4 is 15.5 Å². The first kappa shape index (κ1) is 14.5. The van der Waals surface area contributed by atoms with Gasteiger partial charge in [0.1, 0.15) is 5.56 Å². The van der Waals surface area contributed by atoms with Gasteiger partial charge in [-0.2, -0.15) is 5.10 Å². The number of rotatable bonds is 5. The third kappa shape index (κ3) is 3.35. The number of hydrogen-bond donors (Lipinski definition) is 3. The fraction of sp³-hybridized carbons (Fsp3) is 0.231. The lowest BCUT2D eigenvalue weighted by Gasteiger charge is -2.16. The van der Waals surface area contributed by atoms with E-state index in [1.165, 1.54) is 18.1 Å². The number of aromatic amines is 1. The summed E-state index contributed by atoms with van der Waals surface area (Å²) in [5.74, 6) is -0.118. The third-order valence-electron chi connectivity index (χ3n) is 2.90. The van der Waals surface area contributed by atoms with Gasteiger partial charge in [-0.3, -0.25) is 19.7 Å². The molecule has 21 heavy (non-hydrogen) atoms. The van der Waals surface area contributed by atoms with Gasteiger partial charge in [-0.1, -0.05) is 0 Å². The van der Waals surface area contributed by atoms with Crippen molar-refractivity contribution in [3.8, 4) is 0 Å². The topological polar surface area (TPSA) is 103 Å². The van der Waals surface area contributed by atoms with Gasteiger partial charge in [-0.05, 0) is 12.1 Å². The van der Waals surface area contributed by atoms with Gasteiger partial charge in [0.2, 0.25) is 5.91 Å². The lowest BCUT2D eigenvalue weighted by molar-refractivity contribution is -0.118. The Balaban J connectivity index is 2.13. The molecule has 0 bridgehead atoms. The molecule has 2 aromatic heterocycles. The molecule has 0 aliphatic carbocycles. The quantitative estimate of drug-likeness (QED) is 0.731. The van der Waals surface area contributed by atoms with Gasteiger partial charge in [0, 0.05) is 26.5 Å². The highest BCUT2D eigenvalue weighted by Gasteiger charge is 2.19. The maximum Gasteiger partial charge on any atom is 0.263 e. The molecule has 2 heterocycles. The van der Waals surface area contributed by atoms with E-state index in [-0.39, 0.29) is 18.4 Å². The molecule has 0 unspecified atom stereocenters. The zero-order valence-corrected chi connectivity index (χ0v) is 11.8. The molecule has 0 saturated carbocycles. The van der Waals surface area contributed by atoms with Gasteiger partial charge in [0.05, 0.1) is 18.4 Å². The first-order valence-electron chi connectivity index (χ1n) is 6.29. The minimum atomic E-state index is -0.254. The van der Waals surface area contributed by atoms with Crippen LogP contribution in [-0.4, -0.2) is 47.6 Å². The van der Waals surface area contributed by atoms with Crippen LogP contribution in [0, 0.1) is 0 Å². The predicted octanol–water partition coefficient (Wildman–Crippen LogP) is 0.239. The van der Waals surface area contributed by atoms with Crippen LogP contribution in [0.15, 0.2) is 30.7 Å². The van der Waals surface area contributed by atoms with Gasteiger partial charge >= 0.3 is 0 Å². The molecule has 2 aromatic rings. The van der Waals surface area contributed by atoms with E-state index in [0.29, 0.717) is 17.1 Å². The lowest BCUT2D eigenvalue weighted by atomic mass is 10.2. The number of hydrogen-bond acceptors (Lipinski definition) is 5. The monoisotopic (exact) mass is 288 g/mol. The van der Waals surface area contributed by atoms with Crippen molar-refractivity contribution < 1.29 is 9.59 Å². The first-order valence-corrected chi connectivity index (χ1v) is 6.29. The van der Waals surface area contributed by atoms with E-state index < -0.39 is 0 Å². The van der Waals surface area contributed by atoms with Crippen molar-refractivity contribution in [3.05, 3.63) is 36.3 Å². The highest BCUT2D eigenvalue weighted by Crippen LogP contribution is 2.17. The van der Waals surface area contributed by atoms with Crippen LogP contribution in [0.25, 0.3) is 0 Å². The van der Waals surface area contributed by atoms with Gasteiger partial charge < -0.3 is 15.5 Å². The van der Waals surface area contributed by atoms with Crippen molar-refractivity contribution in [2.45, 2.75) is 0 Å². The zero-order chi connectivity index (χ0) is 15.2. The summed E-state index contributed by atoms with van der Waals surface area (Å²) >= 11 is 0. The van der Waals surface area contributed by atoms with Crippen molar-refractivity contribution in [1.82, 2.24) is 20.5 Å². The van der Waals surface area contributed by atoms with E-state index in [9.17, 15) is 9.59 Å². The molecule has 0 aliphatic rings. The fourth-order valence-electron chi connectivity index (χ4n) is 1.69. The van der Waals surface area contributed by atoms with Gasteiger partial charge in [0.25, 0.3) is 5.91 Å². The number of nitrogens with one attached hydrogen (secondary N) is 3. The van der Waals surface area contributed by atoms with Crippen molar-refractivity contribution in [2.75, 3.05) is 30.9 Å². The Hall–Kier alpha value is -2.90. The van der Waals surface area contributed by atoms with Crippen LogP contribution in [0.2, 0.25) is 0 Å². The number of aromatic nitrogens is 3. The van der Waals surface area contributed by atoms with Gasteiger partial charge in [-0.15, -0.1) is 0 Å². The van der Waals surface area contributed by atoms with Gasteiger partial charge in [-0.25, -0.2) is 0 Å². The summed E-state index contributed by atoms with van der Waals surface area (Å²) in [6.07, 6.45) is 4.72. The molecule has 8 nitrogen and oxygen atoms in total. The molecule has 0 saturated heterocycles. The van der Waals surface area contributed by atoms with Crippen LogP contribution >= 0.6 is 0 Å². The SMILES string of the molecule is CNC(=O)CNc1n[nH]cc1C(=O)N(C)c1cccnc1. The van der Waals surface area contributed by atoms with Crippen LogP contribution in [0.1, 0.15) is 10.4 Å². The van der Waals surface area contributed by atoms with Crippen molar-refractivity contribution in [2.24, 2.45) is 0 Å². The van der Waals surface area contributed by atoms with E-state index >= 15 is 0 Å².